The average Bonchev–Trinajstić information content (AvgIpc) is 2.37. The molecule has 0 fully saturated rings. The molecule has 1 aromatic rings. The fraction of sp³-hybridized carbons (Fsp3) is 0.500. The van der Waals surface area contributed by atoms with Crippen molar-refractivity contribution in [3.05, 3.63) is 29.8 Å². The molecule has 4 nitrogen and oxygen atoms in total. The van der Waals surface area contributed by atoms with Crippen LogP contribution < -0.4 is 4.74 Å². The van der Waals surface area contributed by atoms with Crippen molar-refractivity contribution in [3.63, 3.8) is 0 Å². The summed E-state index contributed by atoms with van der Waals surface area (Å²) >= 11 is 0. The Kier molecular flexibility index (Phi) is 7.13. The van der Waals surface area contributed by atoms with Crippen LogP contribution in [0.2, 0.25) is 0 Å². The van der Waals surface area contributed by atoms with Crippen LogP contribution >= 0.6 is 8.60 Å². The zero-order valence-corrected chi connectivity index (χ0v) is 11.4. The highest BCUT2D eigenvalue weighted by atomic mass is 31.2. The van der Waals surface area contributed by atoms with Gasteiger partial charge in [-0.3, -0.25) is 0 Å². The van der Waals surface area contributed by atoms with Crippen molar-refractivity contribution in [3.8, 4) is 5.75 Å². The average molecular weight is 258 g/mol. The predicted octanol–water partition coefficient (Wildman–Crippen LogP) is 3.51. The zero-order chi connectivity index (χ0) is 12.5. The van der Waals surface area contributed by atoms with Gasteiger partial charge in [-0.05, 0) is 31.5 Å². The number of hydrogen-bond donors (Lipinski definition) is 0. The van der Waals surface area contributed by atoms with Gasteiger partial charge < -0.3 is 18.3 Å². The molecular weight excluding hydrogens is 239 g/mol. The third-order valence-electron chi connectivity index (χ3n) is 1.94. The van der Waals surface area contributed by atoms with E-state index in [-0.39, 0.29) is 0 Å². The summed E-state index contributed by atoms with van der Waals surface area (Å²) < 4.78 is 21.4. The molecule has 0 N–H and O–H groups in total. The molecule has 0 spiro atoms. The first kappa shape index (κ1) is 14.4. The molecule has 0 aliphatic carbocycles. The first-order chi connectivity index (χ1) is 8.30. The number of hydrogen-bond acceptors (Lipinski definition) is 4. The van der Waals surface area contributed by atoms with Crippen molar-refractivity contribution < 1.29 is 18.3 Å². The summed E-state index contributed by atoms with van der Waals surface area (Å²) in [4.78, 5) is 0. The molecule has 0 aromatic heterocycles. The van der Waals surface area contributed by atoms with Gasteiger partial charge in [0, 0.05) is 0 Å². The van der Waals surface area contributed by atoms with E-state index >= 15 is 0 Å². The Hall–Kier alpha value is -0.670. The van der Waals surface area contributed by atoms with Crippen LogP contribution in [0.1, 0.15) is 19.4 Å². The molecule has 96 valence electrons. The largest absolute Gasteiger partial charge is 0.497 e. The van der Waals surface area contributed by atoms with Gasteiger partial charge >= 0.3 is 8.60 Å². The van der Waals surface area contributed by atoms with Gasteiger partial charge in [0.25, 0.3) is 0 Å². The minimum absolute atomic E-state index is 0.461. The molecule has 0 radical (unpaired) electrons. The maximum absolute atomic E-state index is 5.57. The van der Waals surface area contributed by atoms with Gasteiger partial charge in [-0.15, -0.1) is 0 Å². The SMILES string of the molecule is CCOP(OCC)OCc1cccc(OC)c1. The van der Waals surface area contributed by atoms with E-state index < -0.39 is 8.60 Å². The van der Waals surface area contributed by atoms with Crippen molar-refractivity contribution in [2.45, 2.75) is 20.5 Å². The summed E-state index contributed by atoms with van der Waals surface area (Å²) in [5.74, 6) is 0.822. The summed E-state index contributed by atoms with van der Waals surface area (Å²) in [6.45, 7) is 5.48. The van der Waals surface area contributed by atoms with Crippen molar-refractivity contribution in [1.82, 2.24) is 0 Å². The van der Waals surface area contributed by atoms with Crippen LogP contribution in [0.4, 0.5) is 0 Å². The minimum Gasteiger partial charge on any atom is -0.497 e. The van der Waals surface area contributed by atoms with Crippen molar-refractivity contribution in [2.24, 2.45) is 0 Å². The molecule has 0 heterocycles. The Morgan fingerprint density at radius 2 is 1.76 bits per heavy atom. The maximum Gasteiger partial charge on any atom is 0.332 e. The first-order valence-electron chi connectivity index (χ1n) is 5.62. The molecule has 0 saturated carbocycles. The van der Waals surface area contributed by atoms with Crippen LogP contribution in [0.5, 0.6) is 5.75 Å². The molecule has 0 amide bonds. The fourth-order valence-corrected chi connectivity index (χ4v) is 2.11. The first-order valence-corrected chi connectivity index (χ1v) is 6.71. The summed E-state index contributed by atoms with van der Waals surface area (Å²) in [6.07, 6.45) is 0. The highest BCUT2D eigenvalue weighted by Gasteiger charge is 2.10. The van der Waals surface area contributed by atoms with Crippen molar-refractivity contribution in [1.29, 1.82) is 0 Å². The van der Waals surface area contributed by atoms with Gasteiger partial charge in [-0.25, -0.2) is 0 Å². The molecule has 0 aliphatic heterocycles. The van der Waals surface area contributed by atoms with Gasteiger partial charge in [0.1, 0.15) is 5.75 Å². The maximum atomic E-state index is 5.57. The molecule has 0 unspecified atom stereocenters. The highest BCUT2D eigenvalue weighted by molar-refractivity contribution is 7.41. The van der Waals surface area contributed by atoms with E-state index in [1.54, 1.807) is 7.11 Å². The van der Waals surface area contributed by atoms with Crippen LogP contribution in [0.25, 0.3) is 0 Å². The second-order valence-electron chi connectivity index (χ2n) is 3.18. The minimum atomic E-state index is -1.24. The number of methoxy groups -OCH3 is 1. The lowest BCUT2D eigenvalue weighted by Crippen LogP contribution is -1.96. The predicted molar refractivity (Wildman–Crippen MR) is 68.0 cm³/mol. The van der Waals surface area contributed by atoms with Crippen LogP contribution in [0, 0.1) is 0 Å². The third-order valence-corrected chi connectivity index (χ3v) is 3.22. The Bertz CT molecular complexity index is 313. The summed E-state index contributed by atoms with van der Waals surface area (Å²) in [7, 11) is 0.407. The molecule has 0 bridgehead atoms. The second kappa shape index (κ2) is 8.43. The van der Waals surface area contributed by atoms with Crippen LogP contribution in [0.15, 0.2) is 24.3 Å². The van der Waals surface area contributed by atoms with Crippen LogP contribution in [0.3, 0.4) is 0 Å². The second-order valence-corrected chi connectivity index (χ2v) is 4.41. The molecule has 5 heteroatoms. The lowest BCUT2D eigenvalue weighted by molar-refractivity contribution is 0.164. The number of benzene rings is 1. The van der Waals surface area contributed by atoms with Gasteiger partial charge in [0.2, 0.25) is 0 Å². The zero-order valence-electron chi connectivity index (χ0n) is 10.5. The quantitative estimate of drug-likeness (QED) is 0.668. The molecule has 1 rings (SSSR count). The summed E-state index contributed by atoms with van der Waals surface area (Å²) in [5, 5.41) is 0. The third kappa shape index (κ3) is 5.46. The van der Waals surface area contributed by atoms with E-state index in [4.69, 9.17) is 18.3 Å². The highest BCUT2D eigenvalue weighted by Crippen LogP contribution is 2.40. The van der Waals surface area contributed by atoms with E-state index in [0.717, 1.165) is 11.3 Å². The van der Waals surface area contributed by atoms with E-state index in [9.17, 15) is 0 Å². The van der Waals surface area contributed by atoms with Crippen LogP contribution in [-0.4, -0.2) is 20.3 Å². The fourth-order valence-electron chi connectivity index (χ4n) is 1.21. The molecule has 0 saturated heterocycles. The monoisotopic (exact) mass is 258 g/mol. The van der Waals surface area contributed by atoms with E-state index in [2.05, 4.69) is 0 Å². The summed E-state index contributed by atoms with van der Waals surface area (Å²) in [5.41, 5.74) is 1.04. The Morgan fingerprint density at radius 1 is 1.06 bits per heavy atom. The molecule has 1 aromatic carbocycles. The lowest BCUT2D eigenvalue weighted by atomic mass is 10.2. The summed E-state index contributed by atoms with van der Waals surface area (Å²) in [6, 6.07) is 7.75. The lowest BCUT2D eigenvalue weighted by Gasteiger charge is -2.15. The van der Waals surface area contributed by atoms with E-state index in [1.165, 1.54) is 0 Å². The topological polar surface area (TPSA) is 36.9 Å². The Labute approximate surface area is 104 Å². The smallest absolute Gasteiger partial charge is 0.332 e. The van der Waals surface area contributed by atoms with Gasteiger partial charge in [0.05, 0.1) is 26.9 Å². The molecule has 0 aliphatic rings. The normalized spacial score (nSPS) is 10.8. The Morgan fingerprint density at radius 3 is 2.35 bits per heavy atom. The number of rotatable bonds is 8. The van der Waals surface area contributed by atoms with Gasteiger partial charge in [0.15, 0.2) is 0 Å². The van der Waals surface area contributed by atoms with E-state index in [1.807, 2.05) is 38.1 Å². The van der Waals surface area contributed by atoms with Gasteiger partial charge in [-0.1, -0.05) is 12.1 Å². The Balaban J connectivity index is 2.46. The van der Waals surface area contributed by atoms with Crippen molar-refractivity contribution >= 4 is 8.60 Å². The molecular formula is C12H19O4P. The van der Waals surface area contributed by atoms with E-state index in [0.29, 0.717) is 19.8 Å². The molecule has 17 heavy (non-hydrogen) atoms. The van der Waals surface area contributed by atoms with Crippen molar-refractivity contribution in [2.75, 3.05) is 20.3 Å². The standard InChI is InChI=1S/C12H19O4P/c1-4-14-17(15-5-2)16-10-11-7-6-8-12(9-11)13-3/h6-9H,4-5,10H2,1-3H3. The number of ether oxygens (including phenoxy) is 1. The van der Waals surface area contributed by atoms with Crippen LogP contribution in [-0.2, 0) is 20.2 Å². The molecule has 0 atom stereocenters. The van der Waals surface area contributed by atoms with Gasteiger partial charge in [-0.2, -0.15) is 0 Å².